The lowest BCUT2D eigenvalue weighted by atomic mass is 9.90. The van der Waals surface area contributed by atoms with Gasteiger partial charge in [0.15, 0.2) is 0 Å². The molecule has 0 unspecified atom stereocenters. The molecule has 0 saturated heterocycles. The molecule has 0 aliphatic heterocycles. The molecular formula is C14H16N2O3. The molecule has 0 saturated carbocycles. The summed E-state index contributed by atoms with van der Waals surface area (Å²) in [4.78, 5) is 11.8. The maximum absolute atomic E-state index is 11.8. The average molecular weight is 260 g/mol. The summed E-state index contributed by atoms with van der Waals surface area (Å²) in [6.07, 6.45) is 1.93. The van der Waals surface area contributed by atoms with Crippen LogP contribution in [0.1, 0.15) is 25.0 Å². The minimum Gasteiger partial charge on any atom is -0.452 e. The standard InChI is InChI=1S/C14H16N2O3/c1-14(2)7-9-5-4-6-11(10(9)8-14)16-13(17)19-12(15-16)18-3/h4-6H,7-8H2,1-3H3. The van der Waals surface area contributed by atoms with Gasteiger partial charge in [-0.1, -0.05) is 31.1 Å². The van der Waals surface area contributed by atoms with E-state index in [1.54, 1.807) is 0 Å². The molecule has 0 fully saturated rings. The SMILES string of the molecule is COc1nn(-c2cccc3c2CC(C)(C)C3)c(=O)o1. The first kappa shape index (κ1) is 12.0. The van der Waals surface area contributed by atoms with E-state index in [0.29, 0.717) is 0 Å². The van der Waals surface area contributed by atoms with E-state index >= 15 is 0 Å². The van der Waals surface area contributed by atoms with Crippen LogP contribution in [0.15, 0.2) is 27.4 Å². The number of nitrogens with zero attached hydrogens (tertiary/aromatic N) is 2. The molecular weight excluding hydrogens is 244 g/mol. The van der Waals surface area contributed by atoms with Gasteiger partial charge in [-0.3, -0.25) is 0 Å². The Hall–Kier alpha value is -2.04. The van der Waals surface area contributed by atoms with Crippen molar-refractivity contribution in [2.24, 2.45) is 5.41 Å². The molecule has 0 N–H and O–H groups in total. The van der Waals surface area contributed by atoms with Gasteiger partial charge in [0.1, 0.15) is 0 Å². The van der Waals surface area contributed by atoms with Gasteiger partial charge in [-0.2, -0.15) is 4.68 Å². The number of ether oxygens (including phenoxy) is 1. The molecule has 0 atom stereocenters. The zero-order chi connectivity index (χ0) is 13.6. The van der Waals surface area contributed by atoms with Gasteiger partial charge in [-0.15, -0.1) is 0 Å². The molecule has 2 aromatic rings. The van der Waals surface area contributed by atoms with Gasteiger partial charge in [0, 0.05) is 0 Å². The number of aromatic nitrogens is 2. The molecule has 19 heavy (non-hydrogen) atoms. The second-order valence-corrected chi connectivity index (χ2v) is 5.68. The van der Waals surface area contributed by atoms with E-state index in [1.165, 1.54) is 22.9 Å². The van der Waals surface area contributed by atoms with Gasteiger partial charge in [0.2, 0.25) is 0 Å². The molecule has 0 amide bonds. The topological polar surface area (TPSA) is 57.3 Å². The van der Waals surface area contributed by atoms with Crippen LogP contribution >= 0.6 is 0 Å². The number of hydrogen-bond acceptors (Lipinski definition) is 4. The smallest absolute Gasteiger partial charge is 0.444 e. The van der Waals surface area contributed by atoms with Crippen LogP contribution in [0.5, 0.6) is 6.08 Å². The Morgan fingerprint density at radius 2 is 2.16 bits per heavy atom. The van der Waals surface area contributed by atoms with Crippen molar-refractivity contribution >= 4 is 0 Å². The third-order valence-electron chi connectivity index (χ3n) is 3.50. The molecule has 1 aliphatic carbocycles. The lowest BCUT2D eigenvalue weighted by Crippen LogP contribution is -2.16. The second kappa shape index (κ2) is 3.98. The van der Waals surface area contributed by atoms with Crippen LogP contribution in [0.25, 0.3) is 5.69 Å². The Morgan fingerprint density at radius 3 is 2.84 bits per heavy atom. The molecule has 0 bridgehead atoms. The van der Waals surface area contributed by atoms with E-state index in [9.17, 15) is 4.79 Å². The number of rotatable bonds is 2. The summed E-state index contributed by atoms with van der Waals surface area (Å²) >= 11 is 0. The van der Waals surface area contributed by atoms with Crippen LogP contribution in [-0.2, 0) is 12.8 Å². The second-order valence-electron chi connectivity index (χ2n) is 5.68. The van der Waals surface area contributed by atoms with Crippen molar-refractivity contribution in [1.29, 1.82) is 0 Å². The van der Waals surface area contributed by atoms with E-state index < -0.39 is 5.76 Å². The highest BCUT2D eigenvalue weighted by Gasteiger charge is 2.31. The van der Waals surface area contributed by atoms with E-state index in [4.69, 9.17) is 9.15 Å². The number of methoxy groups -OCH3 is 1. The Balaban J connectivity index is 2.15. The van der Waals surface area contributed by atoms with Crippen molar-refractivity contribution in [2.75, 3.05) is 7.11 Å². The van der Waals surface area contributed by atoms with Crippen molar-refractivity contribution in [1.82, 2.24) is 9.78 Å². The highest BCUT2D eigenvalue weighted by Crippen LogP contribution is 2.38. The molecule has 0 radical (unpaired) electrons. The van der Waals surface area contributed by atoms with Crippen LogP contribution in [0, 0.1) is 5.41 Å². The summed E-state index contributed by atoms with van der Waals surface area (Å²) < 4.78 is 11.0. The van der Waals surface area contributed by atoms with Crippen molar-refractivity contribution in [3.63, 3.8) is 0 Å². The van der Waals surface area contributed by atoms with Crippen LogP contribution in [-0.4, -0.2) is 16.9 Å². The first-order chi connectivity index (χ1) is 9.00. The van der Waals surface area contributed by atoms with Crippen molar-refractivity contribution in [2.45, 2.75) is 26.7 Å². The maximum Gasteiger partial charge on any atom is 0.444 e. The zero-order valence-electron chi connectivity index (χ0n) is 11.3. The third kappa shape index (κ3) is 1.95. The normalized spacial score (nSPS) is 16.4. The zero-order valence-corrected chi connectivity index (χ0v) is 11.3. The minimum atomic E-state index is -0.519. The van der Waals surface area contributed by atoms with Crippen LogP contribution in [0.4, 0.5) is 0 Å². The molecule has 5 heteroatoms. The van der Waals surface area contributed by atoms with Gasteiger partial charge in [-0.05, 0) is 35.4 Å². The van der Waals surface area contributed by atoms with Crippen LogP contribution in [0.2, 0.25) is 0 Å². The maximum atomic E-state index is 11.8. The highest BCUT2D eigenvalue weighted by molar-refractivity contribution is 5.49. The Morgan fingerprint density at radius 1 is 1.37 bits per heavy atom. The fourth-order valence-electron chi connectivity index (χ4n) is 2.74. The Kier molecular flexibility index (Phi) is 2.52. The fraction of sp³-hybridized carbons (Fsp3) is 0.429. The third-order valence-corrected chi connectivity index (χ3v) is 3.50. The summed E-state index contributed by atoms with van der Waals surface area (Å²) in [6, 6.07) is 5.95. The molecule has 1 aromatic heterocycles. The number of hydrogen-bond donors (Lipinski definition) is 0. The largest absolute Gasteiger partial charge is 0.452 e. The molecule has 100 valence electrons. The average Bonchev–Trinajstić information content (AvgIpc) is 2.86. The Labute approximate surface area is 110 Å². The monoisotopic (exact) mass is 260 g/mol. The van der Waals surface area contributed by atoms with E-state index in [0.717, 1.165) is 18.5 Å². The predicted octanol–water partition coefficient (Wildman–Crippen LogP) is 1.96. The molecule has 1 aromatic carbocycles. The lowest BCUT2D eigenvalue weighted by Gasteiger charge is -2.15. The lowest BCUT2D eigenvalue weighted by molar-refractivity contribution is 0.282. The number of benzene rings is 1. The van der Waals surface area contributed by atoms with E-state index in [2.05, 4.69) is 25.0 Å². The van der Waals surface area contributed by atoms with Crippen molar-refractivity contribution < 1.29 is 9.15 Å². The van der Waals surface area contributed by atoms with Gasteiger partial charge in [0.25, 0.3) is 0 Å². The highest BCUT2D eigenvalue weighted by atomic mass is 16.6. The van der Waals surface area contributed by atoms with Gasteiger partial charge < -0.3 is 9.15 Å². The molecule has 5 nitrogen and oxygen atoms in total. The Bertz CT molecular complexity index is 682. The summed E-state index contributed by atoms with van der Waals surface area (Å²) in [5, 5.41) is 4.04. The van der Waals surface area contributed by atoms with Gasteiger partial charge in [-0.25, -0.2) is 4.79 Å². The molecule has 1 heterocycles. The van der Waals surface area contributed by atoms with Gasteiger partial charge in [0.05, 0.1) is 12.8 Å². The molecule has 3 rings (SSSR count). The first-order valence-corrected chi connectivity index (χ1v) is 6.25. The summed E-state index contributed by atoms with van der Waals surface area (Å²) in [6.45, 7) is 4.45. The van der Waals surface area contributed by atoms with Gasteiger partial charge >= 0.3 is 11.8 Å². The summed E-state index contributed by atoms with van der Waals surface area (Å²) in [7, 11) is 1.42. The first-order valence-electron chi connectivity index (χ1n) is 6.25. The fourth-order valence-corrected chi connectivity index (χ4v) is 2.74. The predicted molar refractivity (Wildman–Crippen MR) is 69.8 cm³/mol. The number of fused-ring (bicyclic) bond motifs is 1. The minimum absolute atomic E-state index is 0.0140. The van der Waals surface area contributed by atoms with Crippen LogP contribution in [0.3, 0.4) is 0 Å². The quantitative estimate of drug-likeness (QED) is 0.828. The molecule has 0 spiro atoms. The van der Waals surface area contributed by atoms with Crippen LogP contribution < -0.4 is 10.5 Å². The van der Waals surface area contributed by atoms with E-state index in [-0.39, 0.29) is 11.5 Å². The van der Waals surface area contributed by atoms with Crippen molar-refractivity contribution in [3.8, 4) is 11.8 Å². The molecule has 1 aliphatic rings. The summed E-state index contributed by atoms with van der Waals surface area (Å²) in [5.74, 6) is -0.519. The summed E-state index contributed by atoms with van der Waals surface area (Å²) in [5.41, 5.74) is 3.46. The van der Waals surface area contributed by atoms with E-state index in [1.807, 2.05) is 12.1 Å². The van der Waals surface area contributed by atoms with Crippen molar-refractivity contribution in [3.05, 3.63) is 39.9 Å².